The van der Waals surface area contributed by atoms with Gasteiger partial charge in [0.1, 0.15) is 0 Å². The van der Waals surface area contributed by atoms with E-state index < -0.39 is 0 Å². The molecule has 0 atom stereocenters. The van der Waals surface area contributed by atoms with Crippen molar-refractivity contribution in [3.8, 4) is 0 Å². The van der Waals surface area contributed by atoms with Crippen molar-refractivity contribution in [1.29, 1.82) is 0 Å². The lowest BCUT2D eigenvalue weighted by molar-refractivity contribution is 0.180. The lowest BCUT2D eigenvalue weighted by atomic mass is 10.4. The lowest BCUT2D eigenvalue weighted by Gasteiger charge is -2.18. The maximum absolute atomic E-state index is 5.06. The summed E-state index contributed by atoms with van der Waals surface area (Å²) in [5.74, 6) is 0.801. The highest BCUT2D eigenvalue weighted by molar-refractivity contribution is 14.0. The quantitative estimate of drug-likeness (QED) is 0.234. The van der Waals surface area contributed by atoms with E-state index in [0.29, 0.717) is 6.54 Å². The number of aromatic nitrogens is 1. The van der Waals surface area contributed by atoms with Crippen molar-refractivity contribution in [3.05, 3.63) is 11.1 Å². The summed E-state index contributed by atoms with van der Waals surface area (Å²) in [6, 6.07) is 0. The van der Waals surface area contributed by atoms with E-state index in [1.165, 1.54) is 0 Å². The lowest BCUT2D eigenvalue weighted by Crippen LogP contribution is -2.40. The smallest absolute Gasteiger partial charge is 0.191 e. The number of methoxy groups -OCH3 is 1. The van der Waals surface area contributed by atoms with Crippen LogP contribution in [0.4, 0.5) is 5.13 Å². The molecule has 0 spiro atoms. The molecule has 0 saturated carbocycles. The second-order valence-electron chi connectivity index (χ2n) is 5.52. The highest BCUT2D eigenvalue weighted by Gasteiger charge is 2.05. The number of ether oxygens (including phenoxy) is 1. The molecule has 24 heavy (non-hydrogen) atoms. The number of nitrogens with one attached hydrogen (secondary N) is 2. The second-order valence-corrected chi connectivity index (χ2v) is 6.35. The van der Waals surface area contributed by atoms with Crippen LogP contribution in [0.5, 0.6) is 0 Å². The minimum Gasteiger partial charge on any atom is -0.385 e. The summed E-state index contributed by atoms with van der Waals surface area (Å²) in [6.07, 6.45) is 1.05. The number of thiazole rings is 1. The predicted molar refractivity (Wildman–Crippen MR) is 114 cm³/mol. The van der Waals surface area contributed by atoms with Gasteiger partial charge in [-0.25, -0.2) is 4.98 Å². The Morgan fingerprint density at radius 1 is 1.29 bits per heavy atom. The van der Waals surface area contributed by atoms with Crippen molar-refractivity contribution in [2.24, 2.45) is 4.99 Å². The first-order valence-electron chi connectivity index (χ1n) is 7.80. The summed E-state index contributed by atoms with van der Waals surface area (Å²) in [5.41, 5.74) is 1.03. The fourth-order valence-corrected chi connectivity index (χ4v) is 2.69. The third-order valence-electron chi connectivity index (χ3n) is 3.26. The maximum atomic E-state index is 5.06. The van der Waals surface area contributed by atoms with Gasteiger partial charge in [-0.2, -0.15) is 0 Å². The fourth-order valence-electron chi connectivity index (χ4n) is 1.93. The van der Waals surface area contributed by atoms with Crippen LogP contribution < -0.4 is 15.5 Å². The highest BCUT2D eigenvalue weighted by atomic mass is 127. The Kier molecular flexibility index (Phi) is 13.3. The summed E-state index contributed by atoms with van der Waals surface area (Å²) in [4.78, 5) is 13.1. The van der Waals surface area contributed by atoms with Crippen molar-refractivity contribution in [2.75, 3.05) is 66.4 Å². The van der Waals surface area contributed by atoms with Gasteiger partial charge in [0.25, 0.3) is 0 Å². The molecule has 2 N–H and O–H groups in total. The molecule has 140 valence electrons. The van der Waals surface area contributed by atoms with E-state index in [1.54, 1.807) is 25.5 Å². The van der Waals surface area contributed by atoms with E-state index in [1.807, 2.05) is 19.0 Å². The molecule has 0 bridgehead atoms. The normalized spacial score (nSPS) is 11.3. The SMILES string of the molecule is CN=C(NCCN(C)CCCOC)NCc1csc(N(C)C)n1.I. The van der Waals surface area contributed by atoms with Gasteiger partial charge >= 0.3 is 0 Å². The molecular weight excluding hydrogens is 439 g/mol. The number of rotatable bonds is 10. The minimum atomic E-state index is 0. The molecule has 0 radical (unpaired) electrons. The van der Waals surface area contributed by atoms with Crippen LogP contribution in [0, 0.1) is 0 Å². The second kappa shape index (κ2) is 13.6. The van der Waals surface area contributed by atoms with Crippen molar-refractivity contribution < 1.29 is 4.74 Å². The van der Waals surface area contributed by atoms with Crippen LogP contribution in [0.3, 0.4) is 0 Å². The first-order valence-corrected chi connectivity index (χ1v) is 8.68. The van der Waals surface area contributed by atoms with Gasteiger partial charge in [-0.05, 0) is 13.5 Å². The van der Waals surface area contributed by atoms with E-state index >= 15 is 0 Å². The van der Waals surface area contributed by atoms with Gasteiger partial charge < -0.3 is 25.2 Å². The van der Waals surface area contributed by atoms with Crippen LogP contribution in [0.15, 0.2) is 10.4 Å². The highest BCUT2D eigenvalue weighted by Crippen LogP contribution is 2.17. The Labute approximate surface area is 166 Å². The number of likely N-dealkylation sites (N-methyl/N-ethyl adjacent to an activating group) is 1. The number of guanidine groups is 1. The Hall–Kier alpha value is -0.650. The molecule has 1 heterocycles. The zero-order valence-corrected chi connectivity index (χ0v) is 18.5. The molecule has 0 aliphatic carbocycles. The van der Waals surface area contributed by atoms with Crippen LogP contribution in [0.2, 0.25) is 0 Å². The van der Waals surface area contributed by atoms with E-state index in [4.69, 9.17) is 4.74 Å². The molecule has 1 rings (SSSR count). The monoisotopic (exact) mass is 470 g/mol. The molecule has 0 aliphatic heterocycles. The van der Waals surface area contributed by atoms with Crippen LogP contribution in [0.25, 0.3) is 0 Å². The van der Waals surface area contributed by atoms with Crippen molar-refractivity contribution in [1.82, 2.24) is 20.5 Å². The number of anilines is 1. The van der Waals surface area contributed by atoms with Crippen molar-refractivity contribution >= 4 is 46.4 Å². The molecule has 9 heteroatoms. The molecule has 0 aromatic carbocycles. The molecule has 0 amide bonds. The van der Waals surface area contributed by atoms with Crippen LogP contribution >= 0.6 is 35.3 Å². The summed E-state index contributed by atoms with van der Waals surface area (Å²) in [6.45, 7) is 4.33. The van der Waals surface area contributed by atoms with Gasteiger partial charge in [-0.1, -0.05) is 0 Å². The van der Waals surface area contributed by atoms with Gasteiger partial charge in [-0.3, -0.25) is 4.99 Å². The number of aliphatic imine (C=N–C) groups is 1. The Morgan fingerprint density at radius 2 is 2.04 bits per heavy atom. The van der Waals surface area contributed by atoms with Crippen molar-refractivity contribution in [3.63, 3.8) is 0 Å². The Bertz CT molecular complexity index is 469. The number of halogens is 1. The number of hydrogen-bond acceptors (Lipinski definition) is 6. The average molecular weight is 470 g/mol. The molecule has 0 unspecified atom stereocenters. The van der Waals surface area contributed by atoms with E-state index in [0.717, 1.165) is 49.4 Å². The average Bonchev–Trinajstić information content (AvgIpc) is 3.00. The fraction of sp³-hybridized carbons (Fsp3) is 0.733. The van der Waals surface area contributed by atoms with E-state index in [2.05, 4.69) is 37.9 Å². The van der Waals surface area contributed by atoms with Gasteiger partial charge in [-0.15, -0.1) is 35.3 Å². The Balaban J connectivity index is 0.00000529. The summed E-state index contributed by atoms with van der Waals surface area (Å²) < 4.78 is 5.06. The molecular formula is C15H31IN6OS. The Morgan fingerprint density at radius 3 is 2.62 bits per heavy atom. The molecule has 7 nitrogen and oxygen atoms in total. The van der Waals surface area contributed by atoms with Gasteiger partial charge in [0.15, 0.2) is 11.1 Å². The molecule has 1 aromatic heterocycles. The third kappa shape index (κ3) is 9.60. The minimum absolute atomic E-state index is 0. The topological polar surface area (TPSA) is 65.0 Å². The molecule has 1 aromatic rings. The first kappa shape index (κ1) is 23.4. The number of hydrogen-bond donors (Lipinski definition) is 2. The van der Waals surface area contributed by atoms with Crippen molar-refractivity contribution in [2.45, 2.75) is 13.0 Å². The van der Waals surface area contributed by atoms with E-state index in [-0.39, 0.29) is 24.0 Å². The molecule has 0 aliphatic rings. The van der Waals surface area contributed by atoms with Gasteiger partial charge in [0, 0.05) is 59.9 Å². The zero-order chi connectivity index (χ0) is 17.1. The van der Waals surface area contributed by atoms with Crippen LogP contribution in [-0.2, 0) is 11.3 Å². The summed E-state index contributed by atoms with van der Waals surface area (Å²) in [7, 11) is 9.63. The van der Waals surface area contributed by atoms with Crippen LogP contribution in [0.1, 0.15) is 12.1 Å². The summed E-state index contributed by atoms with van der Waals surface area (Å²) >= 11 is 1.65. The van der Waals surface area contributed by atoms with E-state index in [9.17, 15) is 0 Å². The molecule has 0 saturated heterocycles. The zero-order valence-electron chi connectivity index (χ0n) is 15.3. The third-order valence-corrected chi connectivity index (χ3v) is 4.31. The number of nitrogens with zero attached hydrogens (tertiary/aromatic N) is 4. The summed E-state index contributed by atoms with van der Waals surface area (Å²) in [5, 5.41) is 9.70. The van der Waals surface area contributed by atoms with Gasteiger partial charge in [0.05, 0.1) is 12.2 Å². The largest absolute Gasteiger partial charge is 0.385 e. The van der Waals surface area contributed by atoms with Crippen LogP contribution in [-0.4, -0.2) is 77.4 Å². The maximum Gasteiger partial charge on any atom is 0.191 e. The van der Waals surface area contributed by atoms with Gasteiger partial charge in [0.2, 0.25) is 0 Å². The predicted octanol–water partition coefficient (Wildman–Crippen LogP) is 1.46. The standard InChI is InChI=1S/C15H30N6OS.HI/c1-16-14(17-7-9-21(4)8-6-10-22-5)18-11-13-12-23-15(19-13)20(2)3;/h12H,6-11H2,1-5H3,(H2,16,17,18);1H. The molecule has 0 fully saturated rings. The first-order chi connectivity index (χ1) is 11.1.